The Morgan fingerprint density at radius 2 is 1.86 bits per heavy atom. The molecular weight excluding hydrogens is 276 g/mol. The molecule has 2 nitrogen and oxygen atoms in total. The molecule has 1 unspecified atom stereocenters. The molecule has 0 aliphatic heterocycles. The van der Waals surface area contributed by atoms with Gasteiger partial charge in [-0.15, -0.1) is 0 Å². The van der Waals surface area contributed by atoms with Crippen LogP contribution in [0.5, 0.6) is 5.75 Å². The number of ether oxygens (including phenoxy) is 1. The van der Waals surface area contributed by atoms with Crippen LogP contribution in [0.4, 0.5) is 0 Å². The van der Waals surface area contributed by atoms with Crippen molar-refractivity contribution in [2.45, 2.75) is 71.2 Å². The first-order valence-corrected chi connectivity index (χ1v) is 10.9. The summed E-state index contributed by atoms with van der Waals surface area (Å²) in [4.78, 5) is 0. The van der Waals surface area contributed by atoms with Crippen molar-refractivity contribution in [3.05, 3.63) is 28.8 Å². The van der Waals surface area contributed by atoms with Gasteiger partial charge in [0, 0.05) is 0 Å². The third kappa shape index (κ3) is 3.19. The maximum atomic E-state index is 6.73. The fourth-order valence-electron chi connectivity index (χ4n) is 2.92. The fourth-order valence-corrected chi connectivity index (χ4v) is 4.23. The van der Waals surface area contributed by atoms with Gasteiger partial charge in [0.1, 0.15) is 5.75 Å². The van der Waals surface area contributed by atoms with Gasteiger partial charge < -0.3 is 9.16 Å². The van der Waals surface area contributed by atoms with E-state index in [2.05, 4.69) is 52.9 Å². The summed E-state index contributed by atoms with van der Waals surface area (Å²) in [7, 11) is -0.000860. The lowest BCUT2D eigenvalue weighted by Crippen LogP contribution is -2.42. The minimum Gasteiger partial charge on any atom is -0.496 e. The molecular formula is C18H30O2Si. The Morgan fingerprint density at radius 1 is 1.19 bits per heavy atom. The summed E-state index contributed by atoms with van der Waals surface area (Å²) in [6, 6.07) is 4.32. The highest BCUT2D eigenvalue weighted by Crippen LogP contribution is 2.44. The second kappa shape index (κ2) is 5.77. The predicted octanol–water partition coefficient (Wildman–Crippen LogP) is 5.40. The van der Waals surface area contributed by atoms with E-state index in [0.717, 1.165) is 18.6 Å². The van der Waals surface area contributed by atoms with Crippen LogP contribution in [0.15, 0.2) is 12.1 Å². The van der Waals surface area contributed by atoms with E-state index in [1.807, 2.05) is 0 Å². The van der Waals surface area contributed by atoms with Crippen LogP contribution in [0.3, 0.4) is 0 Å². The molecule has 118 valence electrons. The van der Waals surface area contributed by atoms with Crippen molar-refractivity contribution in [2.24, 2.45) is 0 Å². The molecule has 21 heavy (non-hydrogen) atoms. The summed E-state index contributed by atoms with van der Waals surface area (Å²) in [6.45, 7) is 13.8. The largest absolute Gasteiger partial charge is 0.496 e. The highest BCUT2D eigenvalue weighted by molar-refractivity contribution is 6.74. The van der Waals surface area contributed by atoms with Gasteiger partial charge in [0.2, 0.25) is 0 Å². The van der Waals surface area contributed by atoms with E-state index in [4.69, 9.17) is 9.16 Å². The molecule has 0 heterocycles. The molecule has 1 aromatic rings. The topological polar surface area (TPSA) is 18.5 Å². The first-order chi connectivity index (χ1) is 9.67. The highest BCUT2D eigenvalue weighted by atomic mass is 28.4. The smallest absolute Gasteiger partial charge is 0.192 e. The average Bonchev–Trinajstić information content (AvgIpc) is 2.37. The Balaban J connectivity index is 2.38. The molecule has 1 aliphatic carbocycles. The fraction of sp³-hybridized carbons (Fsp3) is 0.667. The molecule has 0 saturated heterocycles. The third-order valence-electron chi connectivity index (χ3n) is 5.25. The van der Waals surface area contributed by atoms with Gasteiger partial charge in [-0.3, -0.25) is 0 Å². The Bertz CT molecular complexity index is 515. The van der Waals surface area contributed by atoms with Crippen molar-refractivity contribution in [3.63, 3.8) is 0 Å². The molecule has 0 bridgehead atoms. The van der Waals surface area contributed by atoms with Gasteiger partial charge in [-0.2, -0.15) is 0 Å². The summed E-state index contributed by atoms with van der Waals surface area (Å²) < 4.78 is 12.2. The number of methoxy groups -OCH3 is 1. The van der Waals surface area contributed by atoms with Crippen LogP contribution in [-0.4, -0.2) is 15.4 Å². The lowest BCUT2D eigenvalue weighted by Gasteiger charge is -2.41. The van der Waals surface area contributed by atoms with Crippen molar-refractivity contribution < 1.29 is 9.16 Å². The second-order valence-electron chi connectivity index (χ2n) is 7.72. The number of rotatable bonds is 3. The van der Waals surface area contributed by atoms with Crippen LogP contribution in [0, 0.1) is 6.92 Å². The van der Waals surface area contributed by atoms with Crippen LogP contribution in [0.2, 0.25) is 18.1 Å². The average molecular weight is 307 g/mol. The van der Waals surface area contributed by atoms with E-state index < -0.39 is 8.32 Å². The summed E-state index contributed by atoms with van der Waals surface area (Å²) in [5.74, 6) is 0.986. The molecule has 1 atom stereocenters. The lowest BCUT2D eigenvalue weighted by atomic mass is 9.86. The standard InChI is InChI=1S/C18H30O2Si/c1-13-15(19-5)12-11-14-9-8-10-16(17(13)14)20-21(6,7)18(2,3)4/h11-12,16H,8-10H2,1-7H3. The van der Waals surface area contributed by atoms with Gasteiger partial charge in [0.15, 0.2) is 8.32 Å². The van der Waals surface area contributed by atoms with Crippen LogP contribution in [0.25, 0.3) is 0 Å². The Kier molecular flexibility index (Phi) is 4.55. The van der Waals surface area contributed by atoms with Crippen LogP contribution in [0.1, 0.15) is 56.4 Å². The van der Waals surface area contributed by atoms with Crippen LogP contribution < -0.4 is 4.74 Å². The van der Waals surface area contributed by atoms with Crippen molar-refractivity contribution in [2.75, 3.05) is 7.11 Å². The zero-order chi connectivity index (χ0) is 15.8. The van der Waals surface area contributed by atoms with Gasteiger partial charge in [0.05, 0.1) is 13.2 Å². The van der Waals surface area contributed by atoms with Crippen molar-refractivity contribution in [1.29, 1.82) is 0 Å². The maximum Gasteiger partial charge on any atom is 0.192 e. The second-order valence-corrected chi connectivity index (χ2v) is 12.5. The number of fused-ring (bicyclic) bond motifs is 1. The van der Waals surface area contributed by atoms with Gasteiger partial charge in [-0.1, -0.05) is 26.8 Å². The number of aryl methyl sites for hydroxylation is 1. The Labute approximate surface area is 131 Å². The van der Waals surface area contributed by atoms with E-state index in [1.165, 1.54) is 23.1 Å². The normalized spacial score (nSPS) is 19.3. The first kappa shape index (κ1) is 16.6. The van der Waals surface area contributed by atoms with Gasteiger partial charge in [-0.05, 0) is 67.1 Å². The number of hydrogen-bond acceptors (Lipinski definition) is 2. The monoisotopic (exact) mass is 306 g/mol. The Morgan fingerprint density at radius 3 is 2.43 bits per heavy atom. The quantitative estimate of drug-likeness (QED) is 0.696. The minimum atomic E-state index is -1.75. The molecule has 0 spiro atoms. The number of hydrogen-bond donors (Lipinski definition) is 0. The zero-order valence-corrected chi connectivity index (χ0v) is 15.7. The van der Waals surface area contributed by atoms with E-state index >= 15 is 0 Å². The molecule has 0 aromatic heterocycles. The van der Waals surface area contributed by atoms with E-state index in [-0.39, 0.29) is 11.1 Å². The maximum absolute atomic E-state index is 6.73. The lowest BCUT2D eigenvalue weighted by molar-refractivity contribution is 0.162. The van der Waals surface area contributed by atoms with Crippen molar-refractivity contribution in [1.82, 2.24) is 0 Å². The Hall–Kier alpha value is -0.803. The summed E-state index contributed by atoms with van der Waals surface area (Å²) in [5.41, 5.74) is 4.10. The predicted molar refractivity (Wildman–Crippen MR) is 91.7 cm³/mol. The van der Waals surface area contributed by atoms with Gasteiger partial charge in [0.25, 0.3) is 0 Å². The molecule has 0 radical (unpaired) electrons. The zero-order valence-electron chi connectivity index (χ0n) is 14.7. The third-order valence-corrected chi connectivity index (χ3v) is 9.74. The molecule has 1 aromatic carbocycles. The van der Waals surface area contributed by atoms with Crippen molar-refractivity contribution >= 4 is 8.32 Å². The highest BCUT2D eigenvalue weighted by Gasteiger charge is 2.40. The summed E-state index contributed by atoms with van der Waals surface area (Å²) in [5, 5.41) is 0.247. The summed E-state index contributed by atoms with van der Waals surface area (Å²) >= 11 is 0. The SMILES string of the molecule is COc1ccc2c(c1C)C(O[Si](C)(C)C(C)(C)C)CCC2. The van der Waals surface area contributed by atoms with E-state index in [9.17, 15) is 0 Å². The molecule has 0 N–H and O–H groups in total. The molecule has 2 rings (SSSR count). The molecule has 0 fully saturated rings. The van der Waals surface area contributed by atoms with Gasteiger partial charge in [-0.25, -0.2) is 0 Å². The van der Waals surface area contributed by atoms with Gasteiger partial charge >= 0.3 is 0 Å². The molecule has 0 amide bonds. The molecule has 3 heteroatoms. The van der Waals surface area contributed by atoms with Crippen LogP contribution in [-0.2, 0) is 10.8 Å². The molecule has 1 aliphatic rings. The first-order valence-electron chi connectivity index (χ1n) is 8.01. The van der Waals surface area contributed by atoms with E-state index in [0.29, 0.717) is 0 Å². The summed E-state index contributed by atoms with van der Waals surface area (Å²) in [6.07, 6.45) is 3.76. The number of benzene rings is 1. The molecule has 0 saturated carbocycles. The van der Waals surface area contributed by atoms with E-state index in [1.54, 1.807) is 7.11 Å². The van der Waals surface area contributed by atoms with Crippen molar-refractivity contribution in [3.8, 4) is 5.75 Å². The minimum absolute atomic E-state index is 0.241. The van der Waals surface area contributed by atoms with Crippen LogP contribution >= 0.6 is 0 Å².